The molecule has 3 aromatic rings. The Hall–Kier alpha value is -3.94. The highest BCUT2D eigenvalue weighted by molar-refractivity contribution is 5.91. The number of carbonyl (C=O) groups excluding carboxylic acids is 2. The summed E-state index contributed by atoms with van der Waals surface area (Å²) in [4.78, 5) is 34.3. The van der Waals surface area contributed by atoms with Crippen molar-refractivity contribution in [1.82, 2.24) is 10.9 Å². The second-order valence-electron chi connectivity index (χ2n) is 5.92. The Labute approximate surface area is 160 Å². The van der Waals surface area contributed by atoms with Crippen LogP contribution in [-0.4, -0.2) is 23.3 Å². The molecular weight excluding hydrogens is 362 g/mol. The normalized spacial score (nSPS) is 10.3. The van der Waals surface area contributed by atoms with E-state index in [2.05, 4.69) is 10.9 Å². The number of nitrogens with one attached hydrogen (secondary N) is 2. The van der Waals surface area contributed by atoms with Crippen LogP contribution in [0.4, 0.5) is 5.69 Å². The summed E-state index contributed by atoms with van der Waals surface area (Å²) in [5, 5.41) is 12.9. The number of fused-ring (bicyclic) bond motifs is 1. The van der Waals surface area contributed by atoms with Crippen LogP contribution >= 0.6 is 0 Å². The molecule has 3 aromatic carbocycles. The maximum absolute atomic E-state index is 12.1. The van der Waals surface area contributed by atoms with Gasteiger partial charge in [-0.3, -0.25) is 30.6 Å². The van der Waals surface area contributed by atoms with E-state index in [0.717, 1.165) is 16.3 Å². The number of benzene rings is 3. The maximum Gasteiger partial charge on any atom is 0.310 e. The van der Waals surface area contributed by atoms with Crippen molar-refractivity contribution < 1.29 is 19.2 Å². The van der Waals surface area contributed by atoms with Gasteiger partial charge in [0.05, 0.1) is 11.3 Å². The summed E-state index contributed by atoms with van der Waals surface area (Å²) < 4.78 is 5.16. The lowest BCUT2D eigenvalue weighted by Gasteiger charge is -2.10. The largest absolute Gasteiger partial charge is 0.477 e. The number of carbonyl (C=O) groups is 2. The third kappa shape index (κ3) is 4.61. The number of hydrazine groups is 1. The Morgan fingerprint density at radius 3 is 2.39 bits per heavy atom. The lowest BCUT2D eigenvalue weighted by Crippen LogP contribution is -2.44. The average molecular weight is 379 g/mol. The summed E-state index contributed by atoms with van der Waals surface area (Å²) >= 11 is 0. The predicted octanol–water partition coefficient (Wildman–Crippen LogP) is 2.52. The molecule has 0 aliphatic heterocycles. The lowest BCUT2D eigenvalue weighted by atomic mass is 10.0. The molecule has 0 aromatic heterocycles. The summed E-state index contributed by atoms with van der Waals surface area (Å²) in [6.07, 6.45) is 0.0899. The molecule has 8 heteroatoms. The Morgan fingerprint density at radius 2 is 1.57 bits per heavy atom. The summed E-state index contributed by atoms with van der Waals surface area (Å²) in [6, 6.07) is 19.1. The highest BCUT2D eigenvalue weighted by Gasteiger charge is 2.15. The van der Waals surface area contributed by atoms with Gasteiger partial charge in [0.2, 0.25) is 5.91 Å². The molecule has 0 unspecified atom stereocenters. The second-order valence-corrected chi connectivity index (χ2v) is 5.92. The minimum Gasteiger partial charge on any atom is -0.477 e. The predicted molar refractivity (Wildman–Crippen MR) is 103 cm³/mol. The number of para-hydroxylation sites is 2. The zero-order chi connectivity index (χ0) is 19.9. The van der Waals surface area contributed by atoms with Gasteiger partial charge >= 0.3 is 5.69 Å². The van der Waals surface area contributed by atoms with Gasteiger partial charge in [0.15, 0.2) is 12.4 Å². The van der Waals surface area contributed by atoms with Gasteiger partial charge in [0.1, 0.15) is 0 Å². The van der Waals surface area contributed by atoms with Gasteiger partial charge in [-0.2, -0.15) is 0 Å². The molecule has 0 heterocycles. The molecule has 0 fully saturated rings. The third-order valence-electron chi connectivity index (χ3n) is 3.99. The van der Waals surface area contributed by atoms with E-state index >= 15 is 0 Å². The van der Waals surface area contributed by atoms with Gasteiger partial charge < -0.3 is 4.74 Å². The molecule has 0 spiro atoms. The van der Waals surface area contributed by atoms with Gasteiger partial charge in [0.25, 0.3) is 5.91 Å². The van der Waals surface area contributed by atoms with E-state index in [0.29, 0.717) is 0 Å². The van der Waals surface area contributed by atoms with Crippen LogP contribution in [0.15, 0.2) is 66.7 Å². The first-order valence-corrected chi connectivity index (χ1v) is 8.45. The first-order valence-electron chi connectivity index (χ1n) is 8.45. The number of nitrogens with zero attached hydrogens (tertiary/aromatic N) is 1. The monoisotopic (exact) mass is 379 g/mol. The molecule has 8 nitrogen and oxygen atoms in total. The fourth-order valence-electron chi connectivity index (χ4n) is 2.71. The van der Waals surface area contributed by atoms with E-state index in [1.54, 1.807) is 6.07 Å². The van der Waals surface area contributed by atoms with Crippen LogP contribution in [0.5, 0.6) is 5.75 Å². The van der Waals surface area contributed by atoms with Crippen LogP contribution in [0.3, 0.4) is 0 Å². The summed E-state index contributed by atoms with van der Waals surface area (Å²) in [7, 11) is 0. The number of amides is 2. The molecule has 0 aliphatic rings. The van der Waals surface area contributed by atoms with Crippen LogP contribution in [0.25, 0.3) is 10.8 Å². The highest BCUT2D eigenvalue weighted by atomic mass is 16.6. The number of hydrogen-bond donors (Lipinski definition) is 2. The maximum atomic E-state index is 12.1. The molecular formula is C20H17N3O5. The molecule has 0 saturated heterocycles. The van der Waals surface area contributed by atoms with Gasteiger partial charge in [0, 0.05) is 6.07 Å². The minimum absolute atomic E-state index is 0.0234. The molecule has 142 valence electrons. The van der Waals surface area contributed by atoms with E-state index in [4.69, 9.17) is 4.74 Å². The van der Waals surface area contributed by atoms with Crippen molar-refractivity contribution in [2.45, 2.75) is 6.42 Å². The van der Waals surface area contributed by atoms with E-state index < -0.39 is 23.3 Å². The molecule has 0 bridgehead atoms. The Kier molecular flexibility index (Phi) is 5.81. The van der Waals surface area contributed by atoms with E-state index in [1.165, 1.54) is 18.2 Å². The summed E-state index contributed by atoms with van der Waals surface area (Å²) in [5.74, 6) is -1.05. The van der Waals surface area contributed by atoms with Crippen LogP contribution in [0, 0.1) is 10.1 Å². The number of ether oxygens (including phenoxy) is 1. The van der Waals surface area contributed by atoms with Gasteiger partial charge in [-0.15, -0.1) is 0 Å². The van der Waals surface area contributed by atoms with E-state index in [-0.39, 0.29) is 17.9 Å². The molecule has 0 saturated carbocycles. The van der Waals surface area contributed by atoms with Crippen LogP contribution in [0.2, 0.25) is 0 Å². The number of nitro benzene ring substituents is 1. The minimum atomic E-state index is -0.635. The van der Waals surface area contributed by atoms with Crippen molar-refractivity contribution in [3.8, 4) is 5.75 Å². The molecule has 3 rings (SSSR count). The number of hydrogen-bond acceptors (Lipinski definition) is 5. The zero-order valence-corrected chi connectivity index (χ0v) is 14.8. The Balaban J connectivity index is 1.52. The third-order valence-corrected chi connectivity index (χ3v) is 3.99. The fourth-order valence-corrected chi connectivity index (χ4v) is 2.71. The second kappa shape index (κ2) is 8.63. The van der Waals surface area contributed by atoms with Crippen LogP contribution in [-0.2, 0) is 16.0 Å². The standard InChI is InChI=1S/C20H17N3O5/c24-19(12-15-8-5-7-14-6-1-2-9-16(14)15)21-22-20(25)13-28-18-11-4-3-10-17(18)23(26)27/h1-11H,12-13H2,(H,21,24)(H,22,25). The molecule has 2 amide bonds. The van der Waals surface area contributed by atoms with Gasteiger partial charge in [-0.25, -0.2) is 0 Å². The zero-order valence-electron chi connectivity index (χ0n) is 14.8. The first kappa shape index (κ1) is 18.8. The Bertz CT molecular complexity index is 1030. The highest BCUT2D eigenvalue weighted by Crippen LogP contribution is 2.25. The quantitative estimate of drug-likeness (QED) is 0.505. The van der Waals surface area contributed by atoms with Crippen molar-refractivity contribution in [3.05, 3.63) is 82.4 Å². The van der Waals surface area contributed by atoms with Crippen molar-refractivity contribution in [1.29, 1.82) is 0 Å². The van der Waals surface area contributed by atoms with Crippen molar-refractivity contribution in [3.63, 3.8) is 0 Å². The fraction of sp³-hybridized carbons (Fsp3) is 0.100. The first-order chi connectivity index (χ1) is 13.5. The summed E-state index contributed by atoms with van der Waals surface area (Å²) in [6.45, 7) is -0.473. The van der Waals surface area contributed by atoms with Crippen LogP contribution < -0.4 is 15.6 Å². The van der Waals surface area contributed by atoms with Crippen molar-refractivity contribution in [2.75, 3.05) is 6.61 Å². The van der Waals surface area contributed by atoms with Crippen molar-refractivity contribution in [2.24, 2.45) is 0 Å². The SMILES string of the molecule is O=C(COc1ccccc1[N+](=O)[O-])NNC(=O)Cc1cccc2ccccc12. The number of rotatable bonds is 6. The topological polar surface area (TPSA) is 111 Å². The van der Waals surface area contributed by atoms with Gasteiger partial charge in [-0.05, 0) is 22.4 Å². The van der Waals surface area contributed by atoms with Crippen molar-refractivity contribution >= 4 is 28.3 Å². The van der Waals surface area contributed by atoms with Crippen LogP contribution in [0.1, 0.15) is 5.56 Å². The molecule has 2 N–H and O–H groups in total. The number of nitro groups is 1. The Morgan fingerprint density at radius 1 is 0.893 bits per heavy atom. The summed E-state index contributed by atoms with van der Waals surface area (Å²) in [5.41, 5.74) is 5.15. The van der Waals surface area contributed by atoms with Gasteiger partial charge in [-0.1, -0.05) is 54.6 Å². The molecule has 0 aliphatic carbocycles. The van der Waals surface area contributed by atoms with E-state index in [1.807, 2.05) is 42.5 Å². The molecule has 0 radical (unpaired) electrons. The molecule has 0 atom stereocenters. The smallest absolute Gasteiger partial charge is 0.310 e. The van der Waals surface area contributed by atoms with E-state index in [9.17, 15) is 19.7 Å². The average Bonchev–Trinajstić information content (AvgIpc) is 2.71. The molecule has 28 heavy (non-hydrogen) atoms. The lowest BCUT2D eigenvalue weighted by molar-refractivity contribution is -0.385.